The number of methoxy groups -OCH3 is 1. The van der Waals surface area contributed by atoms with Crippen LogP contribution in [0, 0.1) is 0 Å². The number of ether oxygens (including phenoxy) is 2. The number of carbonyl (C=O) groups is 1. The quantitative estimate of drug-likeness (QED) is 0.861. The number of carbonyl (C=O) groups excluding carboxylic acids is 1. The van der Waals surface area contributed by atoms with Gasteiger partial charge < -0.3 is 20.1 Å². The molecule has 18 heavy (non-hydrogen) atoms. The Labute approximate surface area is 106 Å². The Morgan fingerprint density at radius 1 is 1.44 bits per heavy atom. The van der Waals surface area contributed by atoms with Gasteiger partial charge in [-0.05, 0) is 31.7 Å². The number of amides is 1. The lowest BCUT2D eigenvalue weighted by Crippen LogP contribution is -2.22. The average Bonchev–Trinajstić information content (AvgIpc) is 2.74. The zero-order valence-corrected chi connectivity index (χ0v) is 10.7. The molecule has 2 N–H and O–H groups in total. The molecular formula is C13H18N2O3. The third-order valence-electron chi connectivity index (χ3n) is 3.09. The summed E-state index contributed by atoms with van der Waals surface area (Å²) in [4.78, 5) is 13.4. The highest BCUT2D eigenvalue weighted by molar-refractivity contribution is 5.93. The van der Waals surface area contributed by atoms with Crippen molar-refractivity contribution in [2.24, 2.45) is 5.73 Å². The predicted octanol–water partition coefficient (Wildman–Crippen LogP) is 0.877. The second-order valence-electron chi connectivity index (χ2n) is 4.52. The summed E-state index contributed by atoms with van der Waals surface area (Å²) in [6, 6.07) is 4.97. The van der Waals surface area contributed by atoms with E-state index in [1.807, 2.05) is 0 Å². The van der Waals surface area contributed by atoms with Gasteiger partial charge in [0.1, 0.15) is 6.10 Å². The molecule has 1 unspecified atom stereocenters. The second kappa shape index (κ2) is 5.27. The standard InChI is InChI=1S/C13H18N2O3/c1-15-6-5-10(8-15)18-12-7-9(13(14)16)3-4-11(12)17-2/h3-4,7,10H,5-6,8H2,1-2H3,(H2,14,16). The molecular weight excluding hydrogens is 232 g/mol. The molecule has 0 saturated carbocycles. The molecule has 0 aromatic heterocycles. The second-order valence-corrected chi connectivity index (χ2v) is 4.52. The van der Waals surface area contributed by atoms with Crippen LogP contribution in [0.15, 0.2) is 18.2 Å². The SMILES string of the molecule is COc1ccc(C(N)=O)cc1OC1CCN(C)C1. The van der Waals surface area contributed by atoms with Gasteiger partial charge in [0.2, 0.25) is 5.91 Å². The minimum Gasteiger partial charge on any atom is -0.493 e. The molecule has 1 aliphatic rings. The number of rotatable bonds is 4. The van der Waals surface area contributed by atoms with Crippen molar-refractivity contribution in [3.63, 3.8) is 0 Å². The van der Waals surface area contributed by atoms with Crippen molar-refractivity contribution >= 4 is 5.91 Å². The van der Waals surface area contributed by atoms with Crippen molar-refractivity contribution in [1.82, 2.24) is 4.90 Å². The summed E-state index contributed by atoms with van der Waals surface area (Å²) < 4.78 is 11.1. The Morgan fingerprint density at radius 3 is 2.78 bits per heavy atom. The van der Waals surface area contributed by atoms with Gasteiger partial charge in [-0.1, -0.05) is 0 Å². The molecule has 1 amide bonds. The Morgan fingerprint density at radius 2 is 2.22 bits per heavy atom. The van der Waals surface area contributed by atoms with Crippen LogP contribution in [0.3, 0.4) is 0 Å². The smallest absolute Gasteiger partial charge is 0.248 e. The molecule has 1 aromatic rings. The molecule has 98 valence electrons. The number of likely N-dealkylation sites (N-methyl/N-ethyl adjacent to an activating group) is 1. The number of primary amides is 1. The Hall–Kier alpha value is -1.75. The number of benzene rings is 1. The van der Waals surface area contributed by atoms with E-state index in [2.05, 4.69) is 11.9 Å². The molecule has 1 aliphatic heterocycles. The van der Waals surface area contributed by atoms with Gasteiger partial charge in [-0.2, -0.15) is 0 Å². The molecule has 0 bridgehead atoms. The molecule has 5 nitrogen and oxygen atoms in total. The first-order valence-corrected chi connectivity index (χ1v) is 5.93. The van der Waals surface area contributed by atoms with Gasteiger partial charge >= 0.3 is 0 Å². The van der Waals surface area contributed by atoms with Crippen molar-refractivity contribution in [3.05, 3.63) is 23.8 Å². The topological polar surface area (TPSA) is 64.8 Å². The van der Waals surface area contributed by atoms with Crippen LogP contribution in [0.4, 0.5) is 0 Å². The van der Waals surface area contributed by atoms with E-state index >= 15 is 0 Å². The van der Waals surface area contributed by atoms with Crippen LogP contribution in [0.2, 0.25) is 0 Å². The number of hydrogen-bond acceptors (Lipinski definition) is 4. The number of hydrogen-bond donors (Lipinski definition) is 1. The number of likely N-dealkylation sites (tertiary alicyclic amines) is 1. The van der Waals surface area contributed by atoms with Crippen molar-refractivity contribution in [2.75, 3.05) is 27.2 Å². The van der Waals surface area contributed by atoms with Crippen LogP contribution < -0.4 is 15.2 Å². The third kappa shape index (κ3) is 2.73. The van der Waals surface area contributed by atoms with E-state index in [0.717, 1.165) is 19.5 Å². The summed E-state index contributed by atoms with van der Waals surface area (Å²) >= 11 is 0. The molecule has 1 atom stereocenters. The van der Waals surface area contributed by atoms with Crippen LogP contribution in [-0.4, -0.2) is 44.2 Å². The highest BCUT2D eigenvalue weighted by Crippen LogP contribution is 2.30. The van der Waals surface area contributed by atoms with E-state index in [1.165, 1.54) is 0 Å². The fourth-order valence-electron chi connectivity index (χ4n) is 2.09. The first kappa shape index (κ1) is 12.7. The fraction of sp³-hybridized carbons (Fsp3) is 0.462. The zero-order valence-electron chi connectivity index (χ0n) is 10.7. The average molecular weight is 250 g/mol. The van der Waals surface area contributed by atoms with Gasteiger partial charge in [0.15, 0.2) is 11.5 Å². The Kier molecular flexibility index (Phi) is 3.72. The summed E-state index contributed by atoms with van der Waals surface area (Å²) in [6.45, 7) is 1.90. The van der Waals surface area contributed by atoms with Crippen molar-refractivity contribution in [3.8, 4) is 11.5 Å². The van der Waals surface area contributed by atoms with E-state index in [-0.39, 0.29) is 6.10 Å². The van der Waals surface area contributed by atoms with Crippen LogP contribution in [0.5, 0.6) is 11.5 Å². The van der Waals surface area contributed by atoms with Crippen molar-refractivity contribution in [2.45, 2.75) is 12.5 Å². The first-order valence-electron chi connectivity index (χ1n) is 5.93. The largest absolute Gasteiger partial charge is 0.493 e. The lowest BCUT2D eigenvalue weighted by molar-refractivity contribution is 0.0999. The van der Waals surface area contributed by atoms with E-state index in [0.29, 0.717) is 17.1 Å². The zero-order chi connectivity index (χ0) is 13.1. The van der Waals surface area contributed by atoms with Crippen molar-refractivity contribution < 1.29 is 14.3 Å². The van der Waals surface area contributed by atoms with Crippen LogP contribution in [-0.2, 0) is 0 Å². The maximum Gasteiger partial charge on any atom is 0.248 e. The van der Waals surface area contributed by atoms with E-state index in [1.54, 1.807) is 25.3 Å². The first-order chi connectivity index (χ1) is 8.60. The van der Waals surface area contributed by atoms with Gasteiger partial charge in [-0.3, -0.25) is 4.79 Å². The molecule has 1 saturated heterocycles. The van der Waals surface area contributed by atoms with Gasteiger partial charge in [-0.25, -0.2) is 0 Å². The van der Waals surface area contributed by atoms with E-state index in [4.69, 9.17) is 15.2 Å². The lowest BCUT2D eigenvalue weighted by Gasteiger charge is -2.16. The summed E-state index contributed by atoms with van der Waals surface area (Å²) in [5.41, 5.74) is 5.69. The van der Waals surface area contributed by atoms with Gasteiger partial charge in [0.05, 0.1) is 7.11 Å². The van der Waals surface area contributed by atoms with Crippen LogP contribution in [0.25, 0.3) is 0 Å². The normalized spacial score (nSPS) is 19.8. The number of nitrogens with zero attached hydrogens (tertiary/aromatic N) is 1. The van der Waals surface area contributed by atoms with E-state index in [9.17, 15) is 4.79 Å². The maximum atomic E-state index is 11.2. The molecule has 0 aliphatic carbocycles. The summed E-state index contributed by atoms with van der Waals surface area (Å²) in [7, 11) is 3.63. The van der Waals surface area contributed by atoms with Gasteiger partial charge in [0, 0.05) is 18.7 Å². The minimum absolute atomic E-state index is 0.132. The highest BCUT2D eigenvalue weighted by Gasteiger charge is 2.22. The number of nitrogens with two attached hydrogens (primary N) is 1. The molecule has 1 fully saturated rings. The molecule has 0 radical (unpaired) electrons. The maximum absolute atomic E-state index is 11.2. The summed E-state index contributed by atoms with van der Waals surface area (Å²) in [6.07, 6.45) is 1.10. The minimum atomic E-state index is -0.467. The third-order valence-corrected chi connectivity index (χ3v) is 3.09. The Balaban J connectivity index is 2.18. The molecule has 5 heteroatoms. The summed E-state index contributed by atoms with van der Waals surface area (Å²) in [5.74, 6) is 0.731. The fourth-order valence-corrected chi connectivity index (χ4v) is 2.09. The monoisotopic (exact) mass is 250 g/mol. The van der Waals surface area contributed by atoms with Gasteiger partial charge in [-0.15, -0.1) is 0 Å². The molecule has 2 rings (SSSR count). The molecule has 1 aromatic carbocycles. The highest BCUT2D eigenvalue weighted by atomic mass is 16.5. The van der Waals surface area contributed by atoms with E-state index < -0.39 is 5.91 Å². The van der Waals surface area contributed by atoms with Crippen molar-refractivity contribution in [1.29, 1.82) is 0 Å². The Bertz CT molecular complexity index is 448. The molecule has 0 spiro atoms. The summed E-state index contributed by atoms with van der Waals surface area (Å²) in [5, 5.41) is 0. The van der Waals surface area contributed by atoms with Crippen LogP contribution in [0.1, 0.15) is 16.8 Å². The predicted molar refractivity (Wildman–Crippen MR) is 68.0 cm³/mol. The molecule has 1 heterocycles. The van der Waals surface area contributed by atoms with Crippen LogP contribution >= 0.6 is 0 Å². The van der Waals surface area contributed by atoms with Gasteiger partial charge in [0.25, 0.3) is 0 Å². The lowest BCUT2D eigenvalue weighted by atomic mass is 10.2.